The van der Waals surface area contributed by atoms with Crippen molar-refractivity contribution in [3.8, 4) is 0 Å². The molecule has 0 radical (unpaired) electrons. The molecule has 4 heterocycles. The number of anilines is 1. The zero-order chi connectivity index (χ0) is 16.9. The van der Waals surface area contributed by atoms with E-state index < -0.39 is 15.4 Å². The van der Waals surface area contributed by atoms with Gasteiger partial charge in [-0.1, -0.05) is 0 Å². The summed E-state index contributed by atoms with van der Waals surface area (Å²) in [6, 6.07) is 2.01. The van der Waals surface area contributed by atoms with Crippen LogP contribution in [0.5, 0.6) is 0 Å². The lowest BCUT2D eigenvalue weighted by Crippen LogP contribution is -2.47. The number of aromatic nitrogens is 4. The standard InChI is InChI=1S/C15H17N5O3S/c1-9-2-3-11(24(21,22)23)8-20(9)15-13-10(7-18-19-15)6-17-14-12(13)4-5-16-14/h4-7,9,11,19H,2-3,8H2,1H3,(H,21,22,23). The minimum absolute atomic E-state index is 0.123. The number of nitrogens with zero attached hydrogens (tertiary/aromatic N) is 4. The first-order chi connectivity index (χ1) is 11.4. The molecule has 3 aromatic heterocycles. The van der Waals surface area contributed by atoms with Crippen LogP contribution in [-0.2, 0) is 10.1 Å². The van der Waals surface area contributed by atoms with Gasteiger partial charge in [0.05, 0.1) is 6.20 Å². The van der Waals surface area contributed by atoms with Crippen LogP contribution < -0.4 is 4.90 Å². The maximum absolute atomic E-state index is 11.6. The van der Waals surface area contributed by atoms with E-state index >= 15 is 0 Å². The summed E-state index contributed by atoms with van der Waals surface area (Å²) in [6.07, 6.45) is 6.21. The lowest BCUT2D eigenvalue weighted by Gasteiger charge is -2.38. The predicted octanol–water partition coefficient (Wildman–Crippen LogP) is 1.75. The molecule has 0 amide bonds. The molecule has 3 aromatic rings. The molecule has 126 valence electrons. The first-order valence-corrected chi connectivity index (χ1v) is 9.25. The highest BCUT2D eigenvalue weighted by molar-refractivity contribution is 7.86. The fraction of sp³-hybridized carbons (Fsp3) is 0.400. The Morgan fingerprint density at radius 1 is 1.29 bits per heavy atom. The zero-order valence-electron chi connectivity index (χ0n) is 13.0. The summed E-state index contributed by atoms with van der Waals surface area (Å²) in [6.45, 7) is 2.25. The number of nitrogens with one attached hydrogen (secondary N) is 1. The molecular formula is C15H17N5O3S. The van der Waals surface area contributed by atoms with Crippen molar-refractivity contribution in [3.05, 3.63) is 24.7 Å². The van der Waals surface area contributed by atoms with Crippen LogP contribution in [0.2, 0.25) is 0 Å². The molecule has 2 N–H and O–H groups in total. The Hall–Kier alpha value is -2.26. The van der Waals surface area contributed by atoms with Crippen molar-refractivity contribution in [1.29, 1.82) is 0 Å². The molecule has 0 saturated carbocycles. The second kappa shape index (κ2) is 5.38. The monoisotopic (exact) mass is 347 g/mol. The van der Waals surface area contributed by atoms with Crippen molar-refractivity contribution in [2.45, 2.75) is 31.1 Å². The summed E-state index contributed by atoms with van der Waals surface area (Å²) in [7, 11) is -4.08. The molecule has 2 atom stereocenters. The van der Waals surface area contributed by atoms with Crippen molar-refractivity contribution in [1.82, 2.24) is 20.2 Å². The Kier molecular flexibility index (Phi) is 3.43. The average Bonchev–Trinajstić information content (AvgIpc) is 3.02. The Morgan fingerprint density at radius 3 is 2.92 bits per heavy atom. The van der Waals surface area contributed by atoms with Crippen molar-refractivity contribution in [2.24, 2.45) is 0 Å². The SMILES string of the molecule is CC1CCC(S(=O)(=O)O)CN1c1[nH]ncc2cnc3nccc3c12. The molecule has 1 fully saturated rings. The summed E-state index contributed by atoms with van der Waals surface area (Å²) in [5, 5.41) is 9.03. The fourth-order valence-electron chi connectivity index (χ4n) is 3.39. The number of fused-ring (bicyclic) bond motifs is 3. The molecule has 0 aliphatic carbocycles. The average molecular weight is 347 g/mol. The van der Waals surface area contributed by atoms with Crippen LogP contribution in [0.3, 0.4) is 0 Å². The van der Waals surface area contributed by atoms with Gasteiger partial charge >= 0.3 is 0 Å². The van der Waals surface area contributed by atoms with E-state index in [2.05, 4.69) is 20.2 Å². The summed E-state index contributed by atoms with van der Waals surface area (Å²) in [4.78, 5) is 10.5. The van der Waals surface area contributed by atoms with Gasteiger partial charge in [0.25, 0.3) is 10.1 Å². The number of H-pyrrole nitrogens is 1. The number of pyridine rings is 1. The molecule has 1 saturated heterocycles. The van der Waals surface area contributed by atoms with Gasteiger partial charge in [-0.3, -0.25) is 9.65 Å². The smallest absolute Gasteiger partial charge is 0.269 e. The van der Waals surface area contributed by atoms with Crippen molar-refractivity contribution in [2.75, 3.05) is 11.4 Å². The van der Waals surface area contributed by atoms with Crippen molar-refractivity contribution >= 4 is 37.7 Å². The first kappa shape index (κ1) is 15.3. The Balaban J connectivity index is 1.90. The van der Waals surface area contributed by atoms with Crippen LogP contribution in [0, 0.1) is 0 Å². The molecule has 8 nitrogen and oxygen atoms in total. The number of hydrogen-bond donors (Lipinski definition) is 2. The third kappa shape index (κ3) is 2.40. The third-order valence-electron chi connectivity index (χ3n) is 4.72. The van der Waals surface area contributed by atoms with E-state index in [4.69, 9.17) is 0 Å². The summed E-state index contributed by atoms with van der Waals surface area (Å²) >= 11 is 0. The molecule has 9 heteroatoms. The molecule has 24 heavy (non-hydrogen) atoms. The molecule has 4 rings (SSSR count). The predicted molar refractivity (Wildman–Crippen MR) is 90.6 cm³/mol. The van der Waals surface area contributed by atoms with Crippen LogP contribution in [0.15, 0.2) is 24.7 Å². The molecule has 1 aliphatic rings. The number of hydrogen-bond acceptors (Lipinski definition) is 6. The van der Waals surface area contributed by atoms with E-state index in [1.54, 1.807) is 18.6 Å². The second-order valence-corrected chi connectivity index (χ2v) is 7.90. The van der Waals surface area contributed by atoms with Gasteiger partial charge in [0.15, 0.2) is 5.65 Å². The molecule has 0 aromatic carbocycles. The number of rotatable bonds is 2. The molecule has 1 aliphatic heterocycles. The van der Waals surface area contributed by atoms with Crippen molar-refractivity contribution < 1.29 is 13.0 Å². The van der Waals surface area contributed by atoms with Gasteiger partial charge in [0, 0.05) is 41.1 Å². The highest BCUT2D eigenvalue weighted by Gasteiger charge is 2.34. The van der Waals surface area contributed by atoms with Crippen LogP contribution in [0.25, 0.3) is 21.8 Å². The topological polar surface area (TPSA) is 112 Å². The zero-order valence-corrected chi connectivity index (χ0v) is 13.9. The molecule has 2 unspecified atom stereocenters. The van der Waals surface area contributed by atoms with E-state index in [-0.39, 0.29) is 12.6 Å². The quantitative estimate of drug-likeness (QED) is 0.679. The second-order valence-electron chi connectivity index (χ2n) is 6.20. The fourth-order valence-corrected chi connectivity index (χ4v) is 4.18. The van der Waals surface area contributed by atoms with Gasteiger partial charge in [-0.2, -0.15) is 13.5 Å². The van der Waals surface area contributed by atoms with E-state index in [9.17, 15) is 13.0 Å². The van der Waals surface area contributed by atoms with E-state index in [0.29, 0.717) is 18.5 Å². The van der Waals surface area contributed by atoms with E-state index in [0.717, 1.165) is 22.0 Å². The van der Waals surface area contributed by atoms with Crippen LogP contribution in [0.4, 0.5) is 5.82 Å². The minimum Gasteiger partial charge on any atom is -0.352 e. The van der Waals surface area contributed by atoms with Crippen molar-refractivity contribution in [3.63, 3.8) is 0 Å². The molecular weight excluding hydrogens is 330 g/mol. The van der Waals surface area contributed by atoms with Gasteiger partial charge in [-0.15, -0.1) is 0 Å². The summed E-state index contributed by atoms with van der Waals surface area (Å²) in [5.41, 5.74) is 0.638. The maximum Gasteiger partial charge on any atom is 0.269 e. The van der Waals surface area contributed by atoms with Gasteiger partial charge in [0.1, 0.15) is 11.1 Å². The van der Waals surface area contributed by atoms with E-state index in [1.165, 1.54) is 0 Å². The normalized spacial score (nSPS) is 22.3. The molecule has 0 spiro atoms. The summed E-state index contributed by atoms with van der Waals surface area (Å²) < 4.78 is 32.6. The lowest BCUT2D eigenvalue weighted by molar-refractivity contribution is 0.423. The highest BCUT2D eigenvalue weighted by Crippen LogP contribution is 2.34. The van der Waals surface area contributed by atoms with Crippen LogP contribution >= 0.6 is 0 Å². The van der Waals surface area contributed by atoms with Crippen LogP contribution in [-0.4, -0.2) is 51.0 Å². The minimum atomic E-state index is -4.08. The third-order valence-corrected chi connectivity index (χ3v) is 5.95. The Labute approximate surface area is 138 Å². The lowest BCUT2D eigenvalue weighted by atomic mass is 10.0. The number of aromatic amines is 1. The highest BCUT2D eigenvalue weighted by atomic mass is 32.2. The largest absolute Gasteiger partial charge is 0.352 e. The molecule has 0 bridgehead atoms. The maximum atomic E-state index is 11.6. The van der Waals surface area contributed by atoms with Crippen LogP contribution in [0.1, 0.15) is 19.8 Å². The first-order valence-electron chi connectivity index (χ1n) is 7.75. The van der Waals surface area contributed by atoms with E-state index in [1.807, 2.05) is 17.9 Å². The Morgan fingerprint density at radius 2 is 2.12 bits per heavy atom. The Bertz CT molecular complexity index is 1020. The van der Waals surface area contributed by atoms with Gasteiger partial charge in [0.2, 0.25) is 0 Å². The number of piperidine rings is 1. The summed E-state index contributed by atoms with van der Waals surface area (Å²) in [5.74, 6) is 0.730. The van der Waals surface area contributed by atoms with Gasteiger partial charge < -0.3 is 4.90 Å². The van der Waals surface area contributed by atoms with Gasteiger partial charge in [-0.25, -0.2) is 9.97 Å². The van der Waals surface area contributed by atoms with Gasteiger partial charge in [-0.05, 0) is 25.8 Å².